The van der Waals surface area contributed by atoms with Crippen LogP contribution in [0.15, 0.2) is 24.3 Å². The van der Waals surface area contributed by atoms with E-state index >= 15 is 0 Å². The Morgan fingerprint density at radius 3 is 2.50 bits per heavy atom. The molecule has 1 aromatic carbocycles. The SMILES string of the molecule is CC1(c2ccc(F)cc2)NC(=O)N(CC(=O)NC2(C#N)CCCC2)C1=O. The fraction of sp³-hybridized carbons (Fsp3) is 0.444. The first kappa shape index (κ1) is 17.9. The number of carbonyl (C=O) groups is 3. The van der Waals surface area contributed by atoms with Gasteiger partial charge in [0.25, 0.3) is 5.91 Å². The van der Waals surface area contributed by atoms with E-state index in [1.54, 1.807) is 0 Å². The minimum absolute atomic E-state index is 0.421. The van der Waals surface area contributed by atoms with Crippen LogP contribution in [0.4, 0.5) is 9.18 Å². The Hall–Kier alpha value is -2.95. The molecule has 1 saturated carbocycles. The molecule has 1 unspecified atom stereocenters. The van der Waals surface area contributed by atoms with Crippen LogP contribution in [0.25, 0.3) is 0 Å². The number of rotatable bonds is 4. The monoisotopic (exact) mass is 358 g/mol. The quantitative estimate of drug-likeness (QED) is 0.797. The first-order chi connectivity index (χ1) is 12.3. The molecule has 1 aromatic rings. The molecule has 8 heteroatoms. The second-order valence-electron chi connectivity index (χ2n) is 6.90. The molecule has 0 aromatic heterocycles. The normalized spacial score (nSPS) is 24.3. The fourth-order valence-electron chi connectivity index (χ4n) is 3.51. The van der Waals surface area contributed by atoms with Crippen molar-refractivity contribution in [3.63, 3.8) is 0 Å². The summed E-state index contributed by atoms with van der Waals surface area (Å²) in [5.41, 5.74) is -1.87. The molecule has 1 atom stereocenters. The highest BCUT2D eigenvalue weighted by molar-refractivity contribution is 6.09. The number of benzene rings is 1. The average molecular weight is 358 g/mol. The molecule has 0 bridgehead atoms. The molecule has 2 N–H and O–H groups in total. The first-order valence-electron chi connectivity index (χ1n) is 8.42. The van der Waals surface area contributed by atoms with E-state index < -0.39 is 41.3 Å². The van der Waals surface area contributed by atoms with Gasteiger partial charge in [-0.1, -0.05) is 12.1 Å². The number of nitrogens with zero attached hydrogens (tertiary/aromatic N) is 2. The Balaban J connectivity index is 1.74. The van der Waals surface area contributed by atoms with Gasteiger partial charge in [-0.25, -0.2) is 9.18 Å². The molecule has 1 aliphatic carbocycles. The lowest BCUT2D eigenvalue weighted by atomic mass is 9.92. The lowest BCUT2D eigenvalue weighted by molar-refractivity contribution is -0.135. The standard InChI is InChI=1S/C18H19FN4O3/c1-17(12-4-6-13(19)7-5-12)15(25)23(16(26)22-17)10-14(24)21-18(11-20)8-2-3-9-18/h4-7H,2-3,8-10H2,1H3,(H,21,24)(H,22,26). The predicted molar refractivity (Wildman–Crippen MR) is 89.0 cm³/mol. The van der Waals surface area contributed by atoms with Gasteiger partial charge in [-0.05, 0) is 50.3 Å². The number of amides is 4. The van der Waals surface area contributed by atoms with Crippen molar-refractivity contribution in [1.82, 2.24) is 15.5 Å². The number of urea groups is 1. The Labute approximate surface area is 150 Å². The minimum Gasteiger partial charge on any atom is -0.336 e. The lowest BCUT2D eigenvalue weighted by Gasteiger charge is -2.24. The van der Waals surface area contributed by atoms with Crippen LogP contribution in [0.5, 0.6) is 0 Å². The molecular weight excluding hydrogens is 339 g/mol. The summed E-state index contributed by atoms with van der Waals surface area (Å²) < 4.78 is 13.1. The maximum absolute atomic E-state index is 13.1. The highest BCUT2D eigenvalue weighted by Crippen LogP contribution is 2.30. The summed E-state index contributed by atoms with van der Waals surface area (Å²) in [5, 5.41) is 14.5. The van der Waals surface area contributed by atoms with Crippen LogP contribution in [-0.4, -0.2) is 34.8 Å². The van der Waals surface area contributed by atoms with Crippen molar-refractivity contribution in [2.45, 2.75) is 43.7 Å². The number of halogens is 1. The predicted octanol–water partition coefficient (Wildman–Crippen LogP) is 1.55. The summed E-state index contributed by atoms with van der Waals surface area (Å²) >= 11 is 0. The molecule has 1 heterocycles. The summed E-state index contributed by atoms with van der Waals surface area (Å²) in [6.45, 7) is 1.04. The van der Waals surface area contributed by atoms with E-state index in [0.29, 0.717) is 18.4 Å². The van der Waals surface area contributed by atoms with Crippen LogP contribution in [0, 0.1) is 17.1 Å². The van der Waals surface area contributed by atoms with E-state index in [4.69, 9.17) is 0 Å². The van der Waals surface area contributed by atoms with Gasteiger partial charge in [0.05, 0.1) is 6.07 Å². The number of imide groups is 1. The van der Waals surface area contributed by atoms with Crippen LogP contribution in [0.3, 0.4) is 0 Å². The van der Waals surface area contributed by atoms with Crippen molar-refractivity contribution in [2.24, 2.45) is 0 Å². The number of nitrogens with one attached hydrogen (secondary N) is 2. The van der Waals surface area contributed by atoms with Crippen molar-refractivity contribution < 1.29 is 18.8 Å². The molecule has 1 aliphatic heterocycles. The molecule has 3 rings (SSSR count). The smallest absolute Gasteiger partial charge is 0.325 e. The molecule has 0 spiro atoms. The third-order valence-corrected chi connectivity index (χ3v) is 5.05. The highest BCUT2D eigenvalue weighted by atomic mass is 19.1. The van der Waals surface area contributed by atoms with Crippen molar-refractivity contribution in [3.8, 4) is 6.07 Å². The van der Waals surface area contributed by atoms with Gasteiger partial charge in [0.1, 0.15) is 23.4 Å². The highest BCUT2D eigenvalue weighted by Gasteiger charge is 2.50. The van der Waals surface area contributed by atoms with E-state index in [0.717, 1.165) is 17.7 Å². The molecule has 26 heavy (non-hydrogen) atoms. The Kier molecular flexibility index (Phi) is 4.40. The first-order valence-corrected chi connectivity index (χ1v) is 8.42. The molecule has 4 amide bonds. The van der Waals surface area contributed by atoms with Gasteiger partial charge >= 0.3 is 6.03 Å². The average Bonchev–Trinajstić information content (AvgIpc) is 3.15. The van der Waals surface area contributed by atoms with Gasteiger partial charge in [0.2, 0.25) is 5.91 Å². The summed E-state index contributed by atoms with van der Waals surface area (Å²) in [6.07, 6.45) is 2.81. The molecule has 7 nitrogen and oxygen atoms in total. The Bertz CT molecular complexity index is 796. The molecule has 2 aliphatic rings. The largest absolute Gasteiger partial charge is 0.336 e. The van der Waals surface area contributed by atoms with E-state index in [1.165, 1.54) is 31.2 Å². The van der Waals surface area contributed by atoms with Gasteiger partial charge in [-0.15, -0.1) is 0 Å². The van der Waals surface area contributed by atoms with Crippen LogP contribution < -0.4 is 10.6 Å². The van der Waals surface area contributed by atoms with Gasteiger partial charge in [0, 0.05) is 0 Å². The van der Waals surface area contributed by atoms with Gasteiger partial charge < -0.3 is 10.6 Å². The summed E-state index contributed by atoms with van der Waals surface area (Å²) in [7, 11) is 0. The second kappa shape index (κ2) is 6.41. The van der Waals surface area contributed by atoms with E-state index in [2.05, 4.69) is 16.7 Å². The second-order valence-corrected chi connectivity index (χ2v) is 6.90. The summed E-state index contributed by atoms with van der Waals surface area (Å²) in [6, 6.07) is 6.67. The Morgan fingerprint density at radius 1 is 1.31 bits per heavy atom. The molecule has 2 fully saturated rings. The van der Waals surface area contributed by atoms with Crippen LogP contribution >= 0.6 is 0 Å². The minimum atomic E-state index is -1.37. The fourth-order valence-corrected chi connectivity index (χ4v) is 3.51. The van der Waals surface area contributed by atoms with Gasteiger partial charge in [-0.3, -0.25) is 14.5 Å². The van der Waals surface area contributed by atoms with Crippen molar-refractivity contribution >= 4 is 17.8 Å². The van der Waals surface area contributed by atoms with Crippen LogP contribution in [-0.2, 0) is 15.1 Å². The zero-order valence-electron chi connectivity index (χ0n) is 14.3. The molecule has 0 radical (unpaired) electrons. The Morgan fingerprint density at radius 2 is 1.92 bits per heavy atom. The number of hydrogen-bond donors (Lipinski definition) is 2. The van der Waals surface area contributed by atoms with E-state index in [1.807, 2.05) is 0 Å². The maximum Gasteiger partial charge on any atom is 0.325 e. The van der Waals surface area contributed by atoms with Gasteiger partial charge in [0.15, 0.2) is 0 Å². The van der Waals surface area contributed by atoms with Gasteiger partial charge in [-0.2, -0.15) is 5.26 Å². The zero-order valence-corrected chi connectivity index (χ0v) is 14.3. The van der Waals surface area contributed by atoms with Crippen molar-refractivity contribution in [1.29, 1.82) is 5.26 Å². The summed E-state index contributed by atoms with van der Waals surface area (Å²) in [5.74, 6) is -1.61. The molecular formula is C18H19FN4O3. The van der Waals surface area contributed by atoms with Crippen LogP contribution in [0.1, 0.15) is 38.2 Å². The van der Waals surface area contributed by atoms with Crippen molar-refractivity contribution in [2.75, 3.05) is 6.54 Å². The number of carbonyl (C=O) groups excluding carboxylic acids is 3. The van der Waals surface area contributed by atoms with E-state index in [-0.39, 0.29) is 0 Å². The number of hydrogen-bond acceptors (Lipinski definition) is 4. The maximum atomic E-state index is 13.1. The van der Waals surface area contributed by atoms with E-state index in [9.17, 15) is 24.0 Å². The van der Waals surface area contributed by atoms with Crippen LogP contribution in [0.2, 0.25) is 0 Å². The molecule has 136 valence electrons. The zero-order chi connectivity index (χ0) is 18.9. The number of nitriles is 1. The third kappa shape index (κ3) is 3.01. The topological polar surface area (TPSA) is 102 Å². The third-order valence-electron chi connectivity index (χ3n) is 5.05. The lowest BCUT2D eigenvalue weighted by Crippen LogP contribution is -2.50. The molecule has 1 saturated heterocycles. The van der Waals surface area contributed by atoms with Crippen molar-refractivity contribution in [3.05, 3.63) is 35.6 Å². The summed E-state index contributed by atoms with van der Waals surface area (Å²) in [4.78, 5) is 38.1.